The van der Waals surface area contributed by atoms with Crippen molar-refractivity contribution in [2.75, 3.05) is 6.61 Å². The molecule has 0 N–H and O–H groups in total. The van der Waals surface area contributed by atoms with E-state index in [9.17, 15) is 18.0 Å². The lowest BCUT2D eigenvalue weighted by Gasteiger charge is -2.17. The quantitative estimate of drug-likeness (QED) is 0.649. The first kappa shape index (κ1) is 12.3. The highest BCUT2D eigenvalue weighted by atomic mass is 19.4. The molecule has 1 atom stereocenters. The Bertz CT molecular complexity index is 165. The van der Waals surface area contributed by atoms with Gasteiger partial charge >= 0.3 is 12.1 Å². The van der Waals surface area contributed by atoms with Gasteiger partial charge in [-0.1, -0.05) is 6.92 Å². The Hall–Kier alpha value is -0.740. The van der Waals surface area contributed by atoms with E-state index in [0.29, 0.717) is 0 Å². The second-order valence-electron chi connectivity index (χ2n) is 2.66. The minimum Gasteiger partial charge on any atom is -0.466 e. The van der Waals surface area contributed by atoms with Crippen LogP contribution in [0, 0.1) is 5.92 Å². The molecule has 2 nitrogen and oxygen atoms in total. The molecule has 5 heteroatoms. The maximum atomic E-state index is 12.1. The first-order valence-electron chi connectivity index (χ1n) is 4.14. The number of hydrogen-bond donors (Lipinski definition) is 0. The molecule has 0 radical (unpaired) electrons. The van der Waals surface area contributed by atoms with Gasteiger partial charge in [-0.25, -0.2) is 0 Å². The number of halogens is 3. The smallest absolute Gasteiger partial charge is 0.392 e. The molecule has 0 bridgehead atoms. The number of rotatable bonds is 4. The predicted molar refractivity (Wildman–Crippen MR) is 41.1 cm³/mol. The Kier molecular flexibility index (Phi) is 4.80. The molecule has 0 spiro atoms. The van der Waals surface area contributed by atoms with Crippen LogP contribution in [0.15, 0.2) is 0 Å². The van der Waals surface area contributed by atoms with Crippen LogP contribution in [0.1, 0.15) is 26.7 Å². The van der Waals surface area contributed by atoms with Crippen LogP contribution >= 0.6 is 0 Å². The summed E-state index contributed by atoms with van der Waals surface area (Å²) in [5, 5.41) is 0. The number of hydrogen-bond acceptors (Lipinski definition) is 2. The van der Waals surface area contributed by atoms with Gasteiger partial charge in [-0.2, -0.15) is 13.2 Å². The first-order valence-corrected chi connectivity index (χ1v) is 4.14. The molecule has 0 amide bonds. The molecule has 0 aromatic rings. The fourth-order valence-electron chi connectivity index (χ4n) is 0.913. The first-order chi connectivity index (χ1) is 5.91. The SMILES string of the molecule is CCOC(=O)CC(CC)C(F)(F)F. The molecule has 0 aromatic heterocycles. The molecule has 0 aliphatic rings. The van der Waals surface area contributed by atoms with Gasteiger partial charge < -0.3 is 4.74 Å². The third kappa shape index (κ3) is 4.75. The third-order valence-electron chi connectivity index (χ3n) is 1.67. The molecule has 0 aliphatic carbocycles. The van der Waals surface area contributed by atoms with E-state index < -0.39 is 24.5 Å². The van der Waals surface area contributed by atoms with Crippen LogP contribution in [0.5, 0.6) is 0 Å². The maximum absolute atomic E-state index is 12.1. The Labute approximate surface area is 75.1 Å². The summed E-state index contributed by atoms with van der Waals surface area (Å²) in [6.45, 7) is 3.08. The van der Waals surface area contributed by atoms with E-state index in [1.807, 2.05) is 0 Å². The summed E-state index contributed by atoms with van der Waals surface area (Å²) in [7, 11) is 0. The van der Waals surface area contributed by atoms with E-state index in [1.54, 1.807) is 6.92 Å². The minimum atomic E-state index is -4.30. The Balaban J connectivity index is 4.06. The van der Waals surface area contributed by atoms with Gasteiger partial charge in [-0.3, -0.25) is 4.79 Å². The molecule has 0 aliphatic heterocycles. The van der Waals surface area contributed by atoms with Gasteiger partial charge in [0.25, 0.3) is 0 Å². The van der Waals surface area contributed by atoms with Crippen molar-refractivity contribution >= 4 is 5.97 Å². The van der Waals surface area contributed by atoms with Crippen LogP contribution < -0.4 is 0 Å². The normalized spacial score (nSPS) is 13.9. The van der Waals surface area contributed by atoms with Crippen LogP contribution in [0.4, 0.5) is 13.2 Å². The summed E-state index contributed by atoms with van der Waals surface area (Å²) in [5.74, 6) is -2.36. The molecule has 0 fully saturated rings. The second-order valence-corrected chi connectivity index (χ2v) is 2.66. The third-order valence-corrected chi connectivity index (χ3v) is 1.67. The molecule has 0 saturated heterocycles. The van der Waals surface area contributed by atoms with Gasteiger partial charge in [0.15, 0.2) is 0 Å². The number of carbonyl (C=O) groups excluding carboxylic acids is 1. The van der Waals surface area contributed by atoms with E-state index in [2.05, 4.69) is 4.74 Å². The summed E-state index contributed by atoms with van der Waals surface area (Å²) >= 11 is 0. The van der Waals surface area contributed by atoms with Gasteiger partial charge in [-0.05, 0) is 13.3 Å². The zero-order valence-corrected chi connectivity index (χ0v) is 7.65. The van der Waals surface area contributed by atoms with Crippen molar-refractivity contribution < 1.29 is 22.7 Å². The number of ether oxygens (including phenoxy) is 1. The van der Waals surface area contributed by atoms with Crippen LogP contribution in [-0.2, 0) is 9.53 Å². The van der Waals surface area contributed by atoms with Crippen molar-refractivity contribution in [1.82, 2.24) is 0 Å². The van der Waals surface area contributed by atoms with Crippen molar-refractivity contribution in [2.45, 2.75) is 32.9 Å². The fourth-order valence-corrected chi connectivity index (χ4v) is 0.913. The number of alkyl halides is 3. The van der Waals surface area contributed by atoms with Crippen molar-refractivity contribution in [3.05, 3.63) is 0 Å². The minimum absolute atomic E-state index is 0.0949. The lowest BCUT2D eigenvalue weighted by Crippen LogP contribution is -2.25. The van der Waals surface area contributed by atoms with Gasteiger partial charge in [0.05, 0.1) is 18.9 Å². The van der Waals surface area contributed by atoms with Crippen LogP contribution in [0.3, 0.4) is 0 Å². The molecule has 0 saturated carbocycles. The van der Waals surface area contributed by atoms with Gasteiger partial charge in [0, 0.05) is 0 Å². The lowest BCUT2D eigenvalue weighted by atomic mass is 10.0. The summed E-state index contributed by atoms with van der Waals surface area (Å²) in [6, 6.07) is 0. The summed E-state index contributed by atoms with van der Waals surface area (Å²) in [5.41, 5.74) is 0. The maximum Gasteiger partial charge on any atom is 0.392 e. The van der Waals surface area contributed by atoms with Gasteiger partial charge in [-0.15, -0.1) is 0 Å². The number of esters is 1. The molecular weight excluding hydrogens is 185 g/mol. The van der Waals surface area contributed by atoms with Gasteiger partial charge in [0.2, 0.25) is 0 Å². The zero-order chi connectivity index (χ0) is 10.5. The van der Waals surface area contributed by atoms with Crippen LogP contribution in [0.2, 0.25) is 0 Å². The molecule has 13 heavy (non-hydrogen) atoms. The van der Waals surface area contributed by atoms with E-state index in [0.717, 1.165) is 0 Å². The van der Waals surface area contributed by atoms with Crippen molar-refractivity contribution in [2.24, 2.45) is 5.92 Å². The van der Waals surface area contributed by atoms with Crippen LogP contribution in [-0.4, -0.2) is 18.8 Å². The van der Waals surface area contributed by atoms with Crippen molar-refractivity contribution in [1.29, 1.82) is 0 Å². The Morgan fingerprint density at radius 2 is 1.92 bits per heavy atom. The lowest BCUT2D eigenvalue weighted by molar-refractivity contribution is -0.185. The molecule has 0 heterocycles. The molecule has 0 rings (SSSR count). The predicted octanol–water partition coefficient (Wildman–Crippen LogP) is 2.53. The Morgan fingerprint density at radius 1 is 1.38 bits per heavy atom. The van der Waals surface area contributed by atoms with E-state index in [1.165, 1.54) is 6.92 Å². The average Bonchev–Trinajstić information content (AvgIpc) is 1.98. The summed E-state index contributed by atoms with van der Waals surface area (Å²) in [4.78, 5) is 10.7. The van der Waals surface area contributed by atoms with Crippen molar-refractivity contribution in [3.8, 4) is 0 Å². The second kappa shape index (κ2) is 5.09. The Morgan fingerprint density at radius 3 is 2.23 bits per heavy atom. The molecule has 0 aromatic carbocycles. The topological polar surface area (TPSA) is 26.3 Å². The number of carbonyl (C=O) groups is 1. The zero-order valence-electron chi connectivity index (χ0n) is 7.65. The molecule has 1 unspecified atom stereocenters. The summed E-state index contributed by atoms with van der Waals surface area (Å²) in [6.07, 6.45) is -4.97. The standard InChI is InChI=1S/C8H13F3O2/c1-3-6(8(9,10)11)5-7(12)13-4-2/h6H,3-5H2,1-2H3. The van der Waals surface area contributed by atoms with Crippen LogP contribution in [0.25, 0.3) is 0 Å². The van der Waals surface area contributed by atoms with E-state index in [-0.39, 0.29) is 13.0 Å². The van der Waals surface area contributed by atoms with E-state index in [4.69, 9.17) is 0 Å². The molecule has 78 valence electrons. The average molecular weight is 198 g/mol. The van der Waals surface area contributed by atoms with E-state index >= 15 is 0 Å². The monoisotopic (exact) mass is 198 g/mol. The summed E-state index contributed by atoms with van der Waals surface area (Å²) < 4.78 is 40.8. The highest BCUT2D eigenvalue weighted by Crippen LogP contribution is 2.31. The highest BCUT2D eigenvalue weighted by molar-refractivity contribution is 5.69. The van der Waals surface area contributed by atoms with Gasteiger partial charge in [0.1, 0.15) is 0 Å². The molecular formula is C8H13F3O2. The largest absolute Gasteiger partial charge is 0.466 e. The van der Waals surface area contributed by atoms with Crippen molar-refractivity contribution in [3.63, 3.8) is 0 Å². The highest BCUT2D eigenvalue weighted by Gasteiger charge is 2.39. The fraction of sp³-hybridized carbons (Fsp3) is 0.875.